The summed E-state index contributed by atoms with van der Waals surface area (Å²) in [4.78, 5) is 11.8. The standard InChI is InChI=1S/C14H20N2O4S/c1-2-20-11-14(17)15-12-6-5-7-13(10-12)21(18,19)16-8-3-4-9-16/h5-7,10H,2-4,8-9,11H2,1H3,(H,15,17). The van der Waals surface area contributed by atoms with Crippen LogP contribution in [0.1, 0.15) is 19.8 Å². The van der Waals surface area contributed by atoms with E-state index in [1.54, 1.807) is 25.1 Å². The minimum Gasteiger partial charge on any atom is -0.372 e. The van der Waals surface area contributed by atoms with Gasteiger partial charge in [0.2, 0.25) is 15.9 Å². The zero-order valence-corrected chi connectivity index (χ0v) is 12.9. The number of nitrogens with one attached hydrogen (secondary N) is 1. The molecular weight excluding hydrogens is 292 g/mol. The van der Waals surface area contributed by atoms with Gasteiger partial charge in [0, 0.05) is 25.4 Å². The van der Waals surface area contributed by atoms with Crippen molar-refractivity contribution in [3.8, 4) is 0 Å². The van der Waals surface area contributed by atoms with Gasteiger partial charge in [0.1, 0.15) is 6.61 Å². The minimum atomic E-state index is -3.46. The van der Waals surface area contributed by atoms with Crippen LogP contribution >= 0.6 is 0 Å². The Labute approximate surface area is 125 Å². The Morgan fingerprint density at radius 1 is 1.33 bits per heavy atom. The molecule has 0 saturated carbocycles. The topological polar surface area (TPSA) is 75.7 Å². The first-order chi connectivity index (χ1) is 10.0. The van der Waals surface area contributed by atoms with E-state index in [0.717, 1.165) is 12.8 Å². The molecule has 1 amide bonds. The fourth-order valence-electron chi connectivity index (χ4n) is 2.20. The molecule has 1 aliphatic heterocycles. The van der Waals surface area contributed by atoms with Crippen molar-refractivity contribution in [2.75, 3.05) is 31.6 Å². The molecule has 1 aliphatic rings. The van der Waals surface area contributed by atoms with Crippen LogP contribution in [0.25, 0.3) is 0 Å². The first-order valence-corrected chi connectivity index (χ1v) is 8.46. The number of benzene rings is 1. The van der Waals surface area contributed by atoms with Crippen LogP contribution in [-0.4, -0.2) is 44.9 Å². The van der Waals surface area contributed by atoms with E-state index in [0.29, 0.717) is 25.4 Å². The lowest BCUT2D eigenvalue weighted by Gasteiger charge is -2.16. The predicted molar refractivity (Wildman–Crippen MR) is 79.6 cm³/mol. The number of carbonyl (C=O) groups excluding carboxylic acids is 1. The van der Waals surface area contributed by atoms with Gasteiger partial charge in [-0.05, 0) is 38.0 Å². The van der Waals surface area contributed by atoms with Gasteiger partial charge in [-0.1, -0.05) is 6.07 Å². The Balaban J connectivity index is 2.12. The Hall–Kier alpha value is -1.44. The van der Waals surface area contributed by atoms with E-state index in [-0.39, 0.29) is 17.4 Å². The lowest BCUT2D eigenvalue weighted by atomic mass is 10.3. The lowest BCUT2D eigenvalue weighted by Crippen LogP contribution is -2.28. The molecule has 1 fully saturated rings. The van der Waals surface area contributed by atoms with E-state index in [1.807, 2.05) is 0 Å². The van der Waals surface area contributed by atoms with Crippen molar-refractivity contribution in [3.05, 3.63) is 24.3 Å². The maximum absolute atomic E-state index is 12.4. The van der Waals surface area contributed by atoms with Crippen molar-refractivity contribution in [1.82, 2.24) is 4.31 Å². The predicted octanol–water partition coefficient (Wildman–Crippen LogP) is 1.45. The van der Waals surface area contributed by atoms with Crippen molar-refractivity contribution >= 4 is 21.6 Å². The van der Waals surface area contributed by atoms with E-state index in [1.165, 1.54) is 10.4 Å². The van der Waals surface area contributed by atoms with Crippen LogP contribution in [0.4, 0.5) is 5.69 Å². The molecule has 1 aromatic rings. The number of anilines is 1. The van der Waals surface area contributed by atoms with Crippen LogP contribution in [-0.2, 0) is 19.6 Å². The summed E-state index contributed by atoms with van der Waals surface area (Å²) in [6, 6.07) is 6.31. The van der Waals surface area contributed by atoms with Gasteiger partial charge in [0.15, 0.2) is 0 Å². The first-order valence-electron chi connectivity index (χ1n) is 7.02. The van der Waals surface area contributed by atoms with Crippen LogP contribution in [0.5, 0.6) is 0 Å². The summed E-state index contributed by atoms with van der Waals surface area (Å²) in [7, 11) is -3.46. The van der Waals surface area contributed by atoms with Crippen LogP contribution in [0.2, 0.25) is 0 Å². The molecule has 1 N–H and O–H groups in total. The quantitative estimate of drug-likeness (QED) is 0.862. The van der Waals surface area contributed by atoms with Gasteiger partial charge in [-0.15, -0.1) is 0 Å². The van der Waals surface area contributed by atoms with Crippen LogP contribution in [0.3, 0.4) is 0 Å². The highest BCUT2D eigenvalue weighted by Crippen LogP contribution is 2.23. The number of sulfonamides is 1. The summed E-state index contributed by atoms with van der Waals surface area (Å²) in [6.07, 6.45) is 1.79. The third-order valence-corrected chi connectivity index (χ3v) is 5.15. The summed E-state index contributed by atoms with van der Waals surface area (Å²) in [5.41, 5.74) is 0.458. The van der Waals surface area contributed by atoms with Crippen LogP contribution in [0, 0.1) is 0 Å². The SMILES string of the molecule is CCOCC(=O)Nc1cccc(S(=O)(=O)N2CCCC2)c1. The molecule has 0 atom stereocenters. The first kappa shape index (κ1) is 15.9. The van der Waals surface area contributed by atoms with E-state index in [2.05, 4.69) is 5.32 Å². The van der Waals surface area contributed by atoms with Gasteiger partial charge in [-0.3, -0.25) is 4.79 Å². The van der Waals surface area contributed by atoms with Gasteiger partial charge in [-0.25, -0.2) is 8.42 Å². The van der Waals surface area contributed by atoms with Crippen molar-refractivity contribution < 1.29 is 17.9 Å². The van der Waals surface area contributed by atoms with E-state index in [4.69, 9.17) is 4.74 Å². The molecule has 0 spiro atoms. The minimum absolute atomic E-state index is 0.0421. The molecule has 0 aliphatic carbocycles. The summed E-state index contributed by atoms with van der Waals surface area (Å²) in [5.74, 6) is -0.299. The fraction of sp³-hybridized carbons (Fsp3) is 0.500. The molecule has 1 aromatic carbocycles. The molecular formula is C14H20N2O4S. The maximum atomic E-state index is 12.4. The molecule has 1 saturated heterocycles. The Bertz CT molecular complexity index is 595. The molecule has 0 bridgehead atoms. The number of ether oxygens (including phenoxy) is 1. The molecule has 7 heteroatoms. The number of nitrogens with zero attached hydrogens (tertiary/aromatic N) is 1. The molecule has 0 unspecified atom stereocenters. The smallest absolute Gasteiger partial charge is 0.250 e. The molecule has 6 nitrogen and oxygen atoms in total. The van der Waals surface area contributed by atoms with E-state index >= 15 is 0 Å². The van der Waals surface area contributed by atoms with Crippen molar-refractivity contribution in [1.29, 1.82) is 0 Å². The number of hydrogen-bond acceptors (Lipinski definition) is 4. The second-order valence-corrected chi connectivity index (χ2v) is 6.76. The average Bonchev–Trinajstić information content (AvgIpc) is 3.00. The van der Waals surface area contributed by atoms with Crippen molar-refractivity contribution in [2.45, 2.75) is 24.7 Å². The second kappa shape index (κ2) is 7.02. The third-order valence-electron chi connectivity index (χ3n) is 3.26. The molecule has 116 valence electrons. The lowest BCUT2D eigenvalue weighted by molar-refractivity contribution is -0.120. The second-order valence-electron chi connectivity index (χ2n) is 4.82. The summed E-state index contributed by atoms with van der Waals surface area (Å²) < 4.78 is 31.4. The summed E-state index contributed by atoms with van der Waals surface area (Å²) in [5, 5.41) is 2.63. The summed E-state index contributed by atoms with van der Waals surface area (Å²) >= 11 is 0. The fourth-order valence-corrected chi connectivity index (χ4v) is 3.77. The molecule has 2 rings (SSSR count). The maximum Gasteiger partial charge on any atom is 0.250 e. The molecule has 0 aromatic heterocycles. The summed E-state index contributed by atoms with van der Waals surface area (Å²) in [6.45, 7) is 3.33. The van der Waals surface area contributed by atoms with Gasteiger partial charge >= 0.3 is 0 Å². The molecule has 0 radical (unpaired) electrons. The Kier molecular flexibility index (Phi) is 5.33. The zero-order chi connectivity index (χ0) is 15.3. The number of amides is 1. The van der Waals surface area contributed by atoms with E-state index in [9.17, 15) is 13.2 Å². The Morgan fingerprint density at radius 3 is 2.71 bits per heavy atom. The van der Waals surface area contributed by atoms with Gasteiger partial charge in [0.25, 0.3) is 0 Å². The van der Waals surface area contributed by atoms with E-state index < -0.39 is 10.0 Å². The number of carbonyl (C=O) groups is 1. The van der Waals surface area contributed by atoms with Gasteiger partial charge in [0.05, 0.1) is 4.90 Å². The molecule has 1 heterocycles. The van der Waals surface area contributed by atoms with Gasteiger partial charge in [-0.2, -0.15) is 4.31 Å². The number of rotatable bonds is 6. The van der Waals surface area contributed by atoms with Crippen molar-refractivity contribution in [2.24, 2.45) is 0 Å². The largest absolute Gasteiger partial charge is 0.372 e. The van der Waals surface area contributed by atoms with Crippen molar-refractivity contribution in [3.63, 3.8) is 0 Å². The number of hydrogen-bond donors (Lipinski definition) is 1. The monoisotopic (exact) mass is 312 g/mol. The third kappa shape index (κ3) is 4.03. The average molecular weight is 312 g/mol. The van der Waals surface area contributed by atoms with Crippen LogP contribution in [0.15, 0.2) is 29.2 Å². The Morgan fingerprint density at radius 2 is 2.05 bits per heavy atom. The highest BCUT2D eigenvalue weighted by Gasteiger charge is 2.27. The normalized spacial score (nSPS) is 16.0. The molecule has 21 heavy (non-hydrogen) atoms. The highest BCUT2D eigenvalue weighted by molar-refractivity contribution is 7.89. The highest BCUT2D eigenvalue weighted by atomic mass is 32.2. The van der Waals surface area contributed by atoms with Gasteiger partial charge < -0.3 is 10.1 Å². The van der Waals surface area contributed by atoms with Crippen LogP contribution < -0.4 is 5.32 Å². The zero-order valence-electron chi connectivity index (χ0n) is 12.0.